The first-order valence-electron chi connectivity index (χ1n) is 6.24. The van der Waals surface area contributed by atoms with Crippen LogP contribution in [0.4, 0.5) is 5.82 Å². The van der Waals surface area contributed by atoms with Crippen molar-refractivity contribution in [3.05, 3.63) is 35.5 Å². The molecule has 0 unspecified atom stereocenters. The Balaban J connectivity index is 2.08. The highest BCUT2D eigenvalue weighted by Gasteiger charge is 2.13. The standard InChI is InChI=1S/C14H18N2O2/c1-3-18-14(17)12-6-7-13(15-9-12)16-8-4-5-11(2)10-16/h5-7,9H,3-4,8,10H2,1-2H3. The predicted octanol–water partition coefficient (Wildman–Crippen LogP) is 2.41. The molecular weight excluding hydrogens is 228 g/mol. The van der Waals surface area contributed by atoms with Gasteiger partial charge in [-0.25, -0.2) is 9.78 Å². The van der Waals surface area contributed by atoms with E-state index in [-0.39, 0.29) is 5.97 Å². The number of aromatic nitrogens is 1. The second kappa shape index (κ2) is 5.67. The van der Waals surface area contributed by atoms with Gasteiger partial charge < -0.3 is 9.64 Å². The predicted molar refractivity (Wildman–Crippen MR) is 70.8 cm³/mol. The molecule has 18 heavy (non-hydrogen) atoms. The molecule has 0 fully saturated rings. The molecular formula is C14H18N2O2. The Kier molecular flexibility index (Phi) is 3.97. The zero-order valence-electron chi connectivity index (χ0n) is 10.8. The lowest BCUT2D eigenvalue weighted by atomic mass is 10.1. The first-order chi connectivity index (χ1) is 8.70. The molecule has 1 aromatic heterocycles. The van der Waals surface area contributed by atoms with Crippen LogP contribution in [0.1, 0.15) is 30.6 Å². The van der Waals surface area contributed by atoms with Gasteiger partial charge in [0.25, 0.3) is 0 Å². The van der Waals surface area contributed by atoms with Crippen molar-refractivity contribution in [2.24, 2.45) is 0 Å². The zero-order valence-corrected chi connectivity index (χ0v) is 10.8. The summed E-state index contributed by atoms with van der Waals surface area (Å²) in [4.78, 5) is 18.0. The van der Waals surface area contributed by atoms with Crippen LogP contribution in [0, 0.1) is 0 Å². The van der Waals surface area contributed by atoms with Crippen molar-refractivity contribution in [1.82, 2.24) is 4.98 Å². The normalized spacial score (nSPS) is 15.2. The molecule has 4 nitrogen and oxygen atoms in total. The minimum atomic E-state index is -0.314. The van der Waals surface area contributed by atoms with Crippen molar-refractivity contribution in [2.75, 3.05) is 24.6 Å². The maximum absolute atomic E-state index is 11.5. The molecule has 0 spiro atoms. The highest BCUT2D eigenvalue weighted by molar-refractivity contribution is 5.89. The van der Waals surface area contributed by atoms with Gasteiger partial charge in [0, 0.05) is 19.3 Å². The maximum atomic E-state index is 11.5. The summed E-state index contributed by atoms with van der Waals surface area (Å²) >= 11 is 0. The first kappa shape index (κ1) is 12.6. The van der Waals surface area contributed by atoms with E-state index in [1.807, 2.05) is 6.07 Å². The summed E-state index contributed by atoms with van der Waals surface area (Å²) in [6.07, 6.45) is 4.89. The summed E-state index contributed by atoms with van der Waals surface area (Å²) in [6, 6.07) is 3.65. The molecule has 1 aliphatic heterocycles. The van der Waals surface area contributed by atoms with Crippen LogP contribution in [0.15, 0.2) is 30.0 Å². The fraction of sp³-hybridized carbons (Fsp3) is 0.429. The lowest BCUT2D eigenvalue weighted by molar-refractivity contribution is 0.0526. The van der Waals surface area contributed by atoms with Crippen molar-refractivity contribution in [1.29, 1.82) is 0 Å². The molecule has 0 radical (unpaired) electrons. The SMILES string of the molecule is CCOC(=O)c1ccc(N2CCC=C(C)C2)nc1. The molecule has 2 heterocycles. The van der Waals surface area contributed by atoms with E-state index in [4.69, 9.17) is 4.74 Å². The Morgan fingerprint density at radius 1 is 1.50 bits per heavy atom. The third-order valence-corrected chi connectivity index (χ3v) is 2.92. The number of hydrogen-bond donors (Lipinski definition) is 0. The number of carbonyl (C=O) groups is 1. The monoisotopic (exact) mass is 246 g/mol. The highest BCUT2D eigenvalue weighted by Crippen LogP contribution is 2.17. The first-order valence-corrected chi connectivity index (χ1v) is 6.24. The van der Waals surface area contributed by atoms with E-state index in [1.165, 1.54) is 5.57 Å². The van der Waals surface area contributed by atoms with Crippen molar-refractivity contribution >= 4 is 11.8 Å². The molecule has 0 saturated carbocycles. The number of anilines is 1. The van der Waals surface area contributed by atoms with E-state index in [0.717, 1.165) is 25.3 Å². The topological polar surface area (TPSA) is 42.4 Å². The van der Waals surface area contributed by atoms with Crippen LogP contribution in [0.5, 0.6) is 0 Å². The summed E-state index contributed by atoms with van der Waals surface area (Å²) in [7, 11) is 0. The van der Waals surface area contributed by atoms with Gasteiger partial charge in [0.05, 0.1) is 12.2 Å². The van der Waals surface area contributed by atoms with Gasteiger partial charge in [-0.15, -0.1) is 0 Å². The van der Waals surface area contributed by atoms with E-state index in [0.29, 0.717) is 12.2 Å². The van der Waals surface area contributed by atoms with Gasteiger partial charge in [0.2, 0.25) is 0 Å². The fourth-order valence-electron chi connectivity index (χ4n) is 2.02. The van der Waals surface area contributed by atoms with Crippen molar-refractivity contribution < 1.29 is 9.53 Å². The van der Waals surface area contributed by atoms with Gasteiger partial charge in [0.15, 0.2) is 0 Å². The molecule has 4 heteroatoms. The Morgan fingerprint density at radius 3 is 2.94 bits per heavy atom. The van der Waals surface area contributed by atoms with E-state index >= 15 is 0 Å². The van der Waals surface area contributed by atoms with Gasteiger partial charge in [-0.1, -0.05) is 11.6 Å². The maximum Gasteiger partial charge on any atom is 0.339 e. The Bertz CT molecular complexity index is 451. The Morgan fingerprint density at radius 2 is 2.33 bits per heavy atom. The summed E-state index contributed by atoms with van der Waals surface area (Å²) < 4.78 is 4.93. The molecule has 0 N–H and O–H groups in total. The Labute approximate surface area is 107 Å². The third kappa shape index (κ3) is 2.88. The number of pyridine rings is 1. The second-order valence-electron chi connectivity index (χ2n) is 4.39. The van der Waals surface area contributed by atoms with Gasteiger partial charge in [-0.05, 0) is 32.4 Å². The smallest absolute Gasteiger partial charge is 0.339 e. The lowest BCUT2D eigenvalue weighted by Crippen LogP contribution is -2.29. The summed E-state index contributed by atoms with van der Waals surface area (Å²) in [5, 5.41) is 0. The minimum Gasteiger partial charge on any atom is -0.462 e. The van der Waals surface area contributed by atoms with Crippen LogP contribution in [0.3, 0.4) is 0 Å². The average Bonchev–Trinajstić information content (AvgIpc) is 2.39. The Hall–Kier alpha value is -1.84. The number of carbonyl (C=O) groups excluding carboxylic acids is 1. The largest absolute Gasteiger partial charge is 0.462 e. The number of hydrogen-bond acceptors (Lipinski definition) is 4. The molecule has 1 aliphatic rings. The van der Waals surface area contributed by atoms with Crippen LogP contribution in [-0.4, -0.2) is 30.6 Å². The molecule has 0 bridgehead atoms. The van der Waals surface area contributed by atoms with Crippen molar-refractivity contribution in [3.63, 3.8) is 0 Å². The van der Waals surface area contributed by atoms with Crippen LogP contribution in [-0.2, 0) is 4.74 Å². The molecule has 0 aliphatic carbocycles. The molecule has 0 atom stereocenters. The summed E-state index contributed by atoms with van der Waals surface area (Å²) in [5.74, 6) is 0.599. The van der Waals surface area contributed by atoms with Crippen molar-refractivity contribution in [2.45, 2.75) is 20.3 Å². The summed E-state index contributed by atoms with van der Waals surface area (Å²) in [5.41, 5.74) is 1.86. The number of ether oxygens (including phenoxy) is 1. The van der Waals surface area contributed by atoms with E-state index in [9.17, 15) is 4.79 Å². The van der Waals surface area contributed by atoms with E-state index in [2.05, 4.69) is 22.9 Å². The van der Waals surface area contributed by atoms with Gasteiger partial charge in [0.1, 0.15) is 5.82 Å². The second-order valence-corrected chi connectivity index (χ2v) is 4.39. The van der Waals surface area contributed by atoms with E-state index in [1.54, 1.807) is 19.2 Å². The van der Waals surface area contributed by atoms with Crippen molar-refractivity contribution in [3.8, 4) is 0 Å². The van der Waals surface area contributed by atoms with Crippen LogP contribution in [0.25, 0.3) is 0 Å². The molecule has 0 saturated heterocycles. The number of nitrogens with zero attached hydrogens (tertiary/aromatic N) is 2. The minimum absolute atomic E-state index is 0.314. The molecule has 0 aromatic carbocycles. The number of esters is 1. The van der Waals surface area contributed by atoms with Gasteiger partial charge >= 0.3 is 5.97 Å². The fourth-order valence-corrected chi connectivity index (χ4v) is 2.02. The van der Waals surface area contributed by atoms with Crippen LogP contribution < -0.4 is 4.90 Å². The highest BCUT2D eigenvalue weighted by atomic mass is 16.5. The average molecular weight is 246 g/mol. The molecule has 0 amide bonds. The zero-order chi connectivity index (χ0) is 13.0. The van der Waals surface area contributed by atoms with Gasteiger partial charge in [-0.2, -0.15) is 0 Å². The quantitative estimate of drug-likeness (QED) is 0.606. The molecule has 96 valence electrons. The summed E-state index contributed by atoms with van der Waals surface area (Å²) in [6.45, 7) is 6.19. The lowest BCUT2D eigenvalue weighted by Gasteiger charge is -2.27. The number of rotatable bonds is 3. The van der Waals surface area contributed by atoms with Gasteiger partial charge in [-0.3, -0.25) is 0 Å². The molecule has 2 rings (SSSR count). The molecule has 1 aromatic rings. The van der Waals surface area contributed by atoms with Crippen LogP contribution in [0.2, 0.25) is 0 Å². The van der Waals surface area contributed by atoms with Crippen LogP contribution >= 0.6 is 0 Å². The third-order valence-electron chi connectivity index (χ3n) is 2.92. The van der Waals surface area contributed by atoms with E-state index < -0.39 is 0 Å².